The van der Waals surface area contributed by atoms with E-state index in [9.17, 15) is 9.59 Å². The van der Waals surface area contributed by atoms with Crippen molar-refractivity contribution in [3.8, 4) is 0 Å². The van der Waals surface area contributed by atoms with E-state index in [1.165, 1.54) is 96.3 Å². The number of carbonyl (C=O) groups excluding carboxylic acids is 2. The van der Waals surface area contributed by atoms with E-state index in [1.807, 2.05) is 0 Å². The van der Waals surface area contributed by atoms with E-state index < -0.39 is 0 Å². The number of unbranched alkanes of at least 4 members (excludes halogenated alkanes) is 15. The number of ether oxygens (including phenoxy) is 2. The SMILES string of the molecule is CCCCCCCCOC(=O)CCCCCCCCC(CC)CCC(=O)OCCCCCCCC. The van der Waals surface area contributed by atoms with E-state index in [0.717, 1.165) is 38.5 Å². The largest absolute Gasteiger partial charge is 0.466 e. The van der Waals surface area contributed by atoms with Gasteiger partial charge in [-0.3, -0.25) is 9.59 Å². The molecule has 4 heteroatoms. The van der Waals surface area contributed by atoms with E-state index in [0.29, 0.717) is 32.0 Å². The Hall–Kier alpha value is -1.06. The zero-order valence-corrected chi connectivity index (χ0v) is 23.9. The van der Waals surface area contributed by atoms with Crippen molar-refractivity contribution >= 4 is 11.9 Å². The minimum absolute atomic E-state index is 0.0116. The van der Waals surface area contributed by atoms with Crippen molar-refractivity contribution in [1.29, 1.82) is 0 Å². The van der Waals surface area contributed by atoms with Gasteiger partial charge in [0.15, 0.2) is 0 Å². The van der Waals surface area contributed by atoms with Crippen LogP contribution in [-0.2, 0) is 19.1 Å². The van der Waals surface area contributed by atoms with Crippen molar-refractivity contribution < 1.29 is 19.1 Å². The predicted molar refractivity (Wildman–Crippen MR) is 149 cm³/mol. The van der Waals surface area contributed by atoms with Gasteiger partial charge in [-0.25, -0.2) is 0 Å². The molecule has 0 N–H and O–H groups in total. The van der Waals surface area contributed by atoms with Gasteiger partial charge in [-0.2, -0.15) is 0 Å². The summed E-state index contributed by atoms with van der Waals surface area (Å²) in [7, 11) is 0. The lowest BCUT2D eigenvalue weighted by molar-refractivity contribution is -0.145. The molecule has 0 aliphatic carbocycles. The summed E-state index contributed by atoms with van der Waals surface area (Å²) in [5.74, 6) is 0.607. The topological polar surface area (TPSA) is 52.6 Å². The molecule has 35 heavy (non-hydrogen) atoms. The number of carbonyl (C=O) groups is 2. The first-order valence-corrected chi connectivity index (χ1v) is 15.4. The first-order chi connectivity index (χ1) is 17.1. The Bertz CT molecular complexity index is 463. The Kier molecular flexibility index (Phi) is 26.7. The average molecular weight is 497 g/mol. The smallest absolute Gasteiger partial charge is 0.305 e. The Morgan fingerprint density at radius 1 is 0.486 bits per heavy atom. The summed E-state index contributed by atoms with van der Waals surface area (Å²) in [4.78, 5) is 23.8. The molecule has 0 saturated heterocycles. The molecule has 0 rings (SSSR count). The first kappa shape index (κ1) is 33.9. The highest BCUT2D eigenvalue weighted by molar-refractivity contribution is 5.69. The number of hydrogen-bond donors (Lipinski definition) is 0. The maximum atomic E-state index is 12.0. The molecule has 0 aromatic carbocycles. The fraction of sp³-hybridized carbons (Fsp3) is 0.935. The molecule has 0 bridgehead atoms. The van der Waals surface area contributed by atoms with Gasteiger partial charge in [-0.05, 0) is 31.6 Å². The van der Waals surface area contributed by atoms with E-state index in [2.05, 4.69) is 20.8 Å². The van der Waals surface area contributed by atoms with Crippen LogP contribution in [0.5, 0.6) is 0 Å². The Morgan fingerprint density at radius 2 is 0.914 bits per heavy atom. The van der Waals surface area contributed by atoms with Crippen LogP contribution < -0.4 is 0 Å². The quantitative estimate of drug-likeness (QED) is 0.0838. The van der Waals surface area contributed by atoms with Gasteiger partial charge >= 0.3 is 11.9 Å². The minimum Gasteiger partial charge on any atom is -0.466 e. The van der Waals surface area contributed by atoms with Crippen molar-refractivity contribution in [3.05, 3.63) is 0 Å². The zero-order chi connectivity index (χ0) is 25.8. The Morgan fingerprint density at radius 3 is 1.43 bits per heavy atom. The standard InChI is InChI=1S/C31H60O4/c1-4-7-9-11-17-21-27-34-30(32)24-20-16-14-13-15-19-23-29(6-3)25-26-31(33)35-28-22-18-12-10-8-5-2/h29H,4-28H2,1-3H3. The predicted octanol–water partition coefficient (Wildman–Crippen LogP) is 9.72. The summed E-state index contributed by atoms with van der Waals surface area (Å²) < 4.78 is 10.8. The van der Waals surface area contributed by atoms with Gasteiger partial charge in [-0.15, -0.1) is 0 Å². The van der Waals surface area contributed by atoms with Gasteiger partial charge in [0.1, 0.15) is 0 Å². The van der Waals surface area contributed by atoms with Crippen LogP contribution in [-0.4, -0.2) is 25.2 Å². The molecular formula is C31H60O4. The second-order valence-electron chi connectivity index (χ2n) is 10.4. The average Bonchev–Trinajstić information content (AvgIpc) is 2.86. The van der Waals surface area contributed by atoms with Gasteiger partial charge in [0.2, 0.25) is 0 Å². The lowest BCUT2D eigenvalue weighted by atomic mass is 9.93. The summed E-state index contributed by atoms with van der Waals surface area (Å²) in [5.41, 5.74) is 0. The normalized spacial score (nSPS) is 12.0. The maximum absolute atomic E-state index is 12.0. The van der Waals surface area contributed by atoms with Crippen LogP contribution in [0.2, 0.25) is 0 Å². The fourth-order valence-corrected chi connectivity index (χ4v) is 4.57. The van der Waals surface area contributed by atoms with Gasteiger partial charge in [-0.1, -0.05) is 130 Å². The van der Waals surface area contributed by atoms with Gasteiger partial charge in [0.05, 0.1) is 13.2 Å². The molecule has 208 valence electrons. The van der Waals surface area contributed by atoms with E-state index in [-0.39, 0.29) is 11.9 Å². The molecular weight excluding hydrogens is 436 g/mol. The number of rotatable bonds is 27. The first-order valence-electron chi connectivity index (χ1n) is 15.4. The van der Waals surface area contributed by atoms with Crippen LogP contribution in [0.25, 0.3) is 0 Å². The third-order valence-electron chi connectivity index (χ3n) is 7.10. The Labute approximate surface area is 218 Å². The molecule has 1 atom stereocenters. The second-order valence-corrected chi connectivity index (χ2v) is 10.4. The molecule has 0 amide bonds. The molecule has 0 aromatic rings. The van der Waals surface area contributed by atoms with Crippen molar-refractivity contribution in [2.24, 2.45) is 5.92 Å². The highest BCUT2D eigenvalue weighted by Crippen LogP contribution is 2.20. The summed E-state index contributed by atoms with van der Waals surface area (Å²) in [6.45, 7) is 7.88. The van der Waals surface area contributed by atoms with Crippen molar-refractivity contribution in [3.63, 3.8) is 0 Å². The fourth-order valence-electron chi connectivity index (χ4n) is 4.57. The van der Waals surface area contributed by atoms with Crippen molar-refractivity contribution in [2.75, 3.05) is 13.2 Å². The summed E-state index contributed by atoms with van der Waals surface area (Å²) in [6.07, 6.45) is 26.1. The van der Waals surface area contributed by atoms with Crippen LogP contribution in [0.15, 0.2) is 0 Å². The second kappa shape index (κ2) is 27.5. The lowest BCUT2D eigenvalue weighted by Gasteiger charge is -2.14. The maximum Gasteiger partial charge on any atom is 0.305 e. The molecule has 0 radical (unpaired) electrons. The van der Waals surface area contributed by atoms with Crippen LogP contribution in [0.3, 0.4) is 0 Å². The third-order valence-corrected chi connectivity index (χ3v) is 7.10. The molecule has 0 fully saturated rings. The van der Waals surface area contributed by atoms with Gasteiger partial charge in [0.25, 0.3) is 0 Å². The van der Waals surface area contributed by atoms with E-state index in [4.69, 9.17) is 9.47 Å². The lowest BCUT2D eigenvalue weighted by Crippen LogP contribution is -2.09. The highest BCUT2D eigenvalue weighted by atomic mass is 16.5. The third kappa shape index (κ3) is 25.8. The molecule has 0 aromatic heterocycles. The molecule has 0 heterocycles. The molecule has 0 aliphatic heterocycles. The monoisotopic (exact) mass is 496 g/mol. The molecule has 0 spiro atoms. The van der Waals surface area contributed by atoms with E-state index >= 15 is 0 Å². The number of esters is 2. The van der Waals surface area contributed by atoms with Crippen LogP contribution in [0, 0.1) is 5.92 Å². The van der Waals surface area contributed by atoms with Gasteiger partial charge < -0.3 is 9.47 Å². The molecule has 0 saturated carbocycles. The van der Waals surface area contributed by atoms with Gasteiger partial charge in [0, 0.05) is 12.8 Å². The number of hydrogen-bond acceptors (Lipinski definition) is 4. The molecule has 0 aliphatic rings. The van der Waals surface area contributed by atoms with Crippen LogP contribution >= 0.6 is 0 Å². The van der Waals surface area contributed by atoms with Crippen molar-refractivity contribution in [2.45, 2.75) is 168 Å². The summed E-state index contributed by atoms with van der Waals surface area (Å²) in [5, 5.41) is 0. The Balaban J connectivity index is 3.49. The summed E-state index contributed by atoms with van der Waals surface area (Å²) >= 11 is 0. The van der Waals surface area contributed by atoms with Crippen molar-refractivity contribution in [1.82, 2.24) is 0 Å². The highest BCUT2D eigenvalue weighted by Gasteiger charge is 2.10. The zero-order valence-electron chi connectivity index (χ0n) is 23.9. The van der Waals surface area contributed by atoms with E-state index in [1.54, 1.807) is 0 Å². The summed E-state index contributed by atoms with van der Waals surface area (Å²) in [6, 6.07) is 0. The molecule has 1 unspecified atom stereocenters. The molecule has 4 nitrogen and oxygen atoms in total. The van der Waals surface area contributed by atoms with Crippen LogP contribution in [0.4, 0.5) is 0 Å². The minimum atomic E-state index is -0.0187. The van der Waals surface area contributed by atoms with Crippen LogP contribution in [0.1, 0.15) is 168 Å².